The van der Waals surface area contributed by atoms with Crippen LogP contribution in [-0.2, 0) is 0 Å². The zero-order valence-corrected chi connectivity index (χ0v) is 14.6. The van der Waals surface area contributed by atoms with Crippen molar-refractivity contribution in [3.05, 3.63) is 42.2 Å². The molecule has 0 unspecified atom stereocenters. The third-order valence-electron chi connectivity index (χ3n) is 4.15. The van der Waals surface area contributed by atoms with Crippen LogP contribution in [0.3, 0.4) is 0 Å². The van der Waals surface area contributed by atoms with Crippen molar-refractivity contribution in [2.24, 2.45) is 5.73 Å². The van der Waals surface area contributed by atoms with Gasteiger partial charge in [-0.3, -0.25) is 0 Å². The Hall–Kier alpha value is -2.62. The summed E-state index contributed by atoms with van der Waals surface area (Å²) in [6.07, 6.45) is 4.12. The van der Waals surface area contributed by atoms with E-state index in [1.54, 1.807) is 12.4 Å². The van der Waals surface area contributed by atoms with E-state index >= 15 is 0 Å². The maximum Gasteiger partial charge on any atom is 0.227 e. The van der Waals surface area contributed by atoms with E-state index in [1.165, 1.54) is 5.69 Å². The van der Waals surface area contributed by atoms with Crippen LogP contribution in [0.4, 0.5) is 17.3 Å². The SMILES string of the molecule is CN1CCN(c2ccc(Nc3ncc(C#CCCN)cn3)cc2)CC1. The summed E-state index contributed by atoms with van der Waals surface area (Å²) in [7, 11) is 2.17. The molecule has 0 spiro atoms. The van der Waals surface area contributed by atoms with Gasteiger partial charge < -0.3 is 20.9 Å². The molecule has 3 N–H and O–H groups in total. The van der Waals surface area contributed by atoms with Gasteiger partial charge in [0.1, 0.15) is 0 Å². The van der Waals surface area contributed by atoms with Gasteiger partial charge in [0.25, 0.3) is 0 Å². The Morgan fingerprint density at radius 1 is 1.08 bits per heavy atom. The molecule has 1 aromatic heterocycles. The van der Waals surface area contributed by atoms with E-state index in [9.17, 15) is 0 Å². The average molecular weight is 336 g/mol. The molecule has 25 heavy (non-hydrogen) atoms. The van der Waals surface area contributed by atoms with Crippen LogP contribution >= 0.6 is 0 Å². The number of nitrogens with zero attached hydrogens (tertiary/aromatic N) is 4. The second kappa shape index (κ2) is 8.47. The first-order valence-corrected chi connectivity index (χ1v) is 8.56. The third kappa shape index (κ3) is 4.92. The van der Waals surface area contributed by atoms with E-state index in [4.69, 9.17) is 5.73 Å². The number of likely N-dealkylation sites (N-methyl/N-ethyl adjacent to an activating group) is 1. The van der Waals surface area contributed by atoms with Crippen molar-refractivity contribution < 1.29 is 0 Å². The molecule has 0 radical (unpaired) electrons. The number of anilines is 3. The average Bonchev–Trinajstić information content (AvgIpc) is 2.65. The molecule has 0 amide bonds. The van der Waals surface area contributed by atoms with Gasteiger partial charge in [-0.05, 0) is 31.3 Å². The molecular weight excluding hydrogens is 312 g/mol. The first-order chi connectivity index (χ1) is 12.2. The molecule has 1 aliphatic rings. The third-order valence-corrected chi connectivity index (χ3v) is 4.15. The summed E-state index contributed by atoms with van der Waals surface area (Å²) in [5, 5.41) is 3.22. The highest BCUT2D eigenvalue weighted by Gasteiger charge is 2.13. The molecule has 130 valence electrons. The van der Waals surface area contributed by atoms with E-state index < -0.39 is 0 Å². The second-order valence-corrected chi connectivity index (χ2v) is 6.10. The maximum atomic E-state index is 5.42. The molecule has 1 fully saturated rings. The number of hydrogen-bond acceptors (Lipinski definition) is 6. The quantitative estimate of drug-likeness (QED) is 0.828. The van der Waals surface area contributed by atoms with Gasteiger partial charge in [0.2, 0.25) is 5.95 Å². The van der Waals surface area contributed by atoms with Crippen LogP contribution in [0.25, 0.3) is 0 Å². The predicted molar refractivity (Wildman–Crippen MR) is 102 cm³/mol. The monoisotopic (exact) mass is 336 g/mol. The molecule has 0 bridgehead atoms. The summed E-state index contributed by atoms with van der Waals surface area (Å²) in [6, 6.07) is 8.40. The Morgan fingerprint density at radius 3 is 2.40 bits per heavy atom. The molecule has 6 nitrogen and oxygen atoms in total. The van der Waals surface area contributed by atoms with Crippen molar-refractivity contribution in [2.75, 3.05) is 50.0 Å². The number of piperazine rings is 1. The highest BCUT2D eigenvalue weighted by molar-refractivity contribution is 5.59. The molecule has 6 heteroatoms. The van der Waals surface area contributed by atoms with Crippen molar-refractivity contribution in [3.63, 3.8) is 0 Å². The Balaban J connectivity index is 1.59. The number of rotatable bonds is 4. The van der Waals surface area contributed by atoms with Gasteiger partial charge in [0, 0.05) is 62.9 Å². The van der Waals surface area contributed by atoms with Gasteiger partial charge in [-0.2, -0.15) is 0 Å². The number of hydrogen-bond donors (Lipinski definition) is 2. The fourth-order valence-electron chi connectivity index (χ4n) is 2.64. The number of nitrogens with two attached hydrogens (primary N) is 1. The lowest BCUT2D eigenvalue weighted by Gasteiger charge is -2.34. The van der Waals surface area contributed by atoms with E-state index in [-0.39, 0.29) is 0 Å². The summed E-state index contributed by atoms with van der Waals surface area (Å²) in [5.41, 5.74) is 8.44. The normalized spacial score (nSPS) is 14.7. The van der Waals surface area contributed by atoms with Crippen LogP contribution in [0.1, 0.15) is 12.0 Å². The maximum absolute atomic E-state index is 5.42. The fraction of sp³-hybridized carbons (Fsp3) is 0.368. The molecule has 1 saturated heterocycles. The minimum absolute atomic E-state index is 0.566. The number of benzene rings is 1. The molecule has 2 heterocycles. The number of aromatic nitrogens is 2. The minimum atomic E-state index is 0.566. The van der Waals surface area contributed by atoms with Crippen molar-refractivity contribution in [2.45, 2.75) is 6.42 Å². The van der Waals surface area contributed by atoms with E-state index in [2.05, 4.69) is 68.2 Å². The first kappa shape index (κ1) is 17.2. The van der Waals surface area contributed by atoms with Crippen molar-refractivity contribution in [1.82, 2.24) is 14.9 Å². The van der Waals surface area contributed by atoms with Crippen LogP contribution in [-0.4, -0.2) is 54.6 Å². The van der Waals surface area contributed by atoms with Gasteiger partial charge in [0.05, 0.1) is 5.56 Å². The zero-order chi connectivity index (χ0) is 17.5. The topological polar surface area (TPSA) is 70.3 Å². The van der Waals surface area contributed by atoms with E-state index in [1.807, 2.05) is 0 Å². The predicted octanol–water partition coefficient (Wildman–Crippen LogP) is 1.67. The van der Waals surface area contributed by atoms with Crippen molar-refractivity contribution >= 4 is 17.3 Å². The Morgan fingerprint density at radius 2 is 1.76 bits per heavy atom. The van der Waals surface area contributed by atoms with Gasteiger partial charge in [-0.1, -0.05) is 11.8 Å². The van der Waals surface area contributed by atoms with Crippen molar-refractivity contribution in [3.8, 4) is 11.8 Å². The molecule has 1 aliphatic heterocycles. The van der Waals surface area contributed by atoms with Gasteiger partial charge >= 0.3 is 0 Å². The molecule has 1 aromatic carbocycles. The van der Waals surface area contributed by atoms with Crippen molar-refractivity contribution in [1.29, 1.82) is 0 Å². The Labute approximate surface area is 149 Å². The fourth-order valence-corrected chi connectivity index (χ4v) is 2.64. The highest BCUT2D eigenvalue weighted by Crippen LogP contribution is 2.20. The molecule has 3 rings (SSSR count). The summed E-state index contributed by atoms with van der Waals surface area (Å²) in [6.45, 7) is 4.92. The minimum Gasteiger partial charge on any atom is -0.369 e. The Kier molecular flexibility index (Phi) is 5.83. The van der Waals surface area contributed by atoms with Gasteiger partial charge in [-0.25, -0.2) is 9.97 Å². The number of nitrogens with one attached hydrogen (secondary N) is 1. The van der Waals surface area contributed by atoms with Crippen LogP contribution < -0.4 is 16.0 Å². The summed E-state index contributed by atoms with van der Waals surface area (Å²) in [5.74, 6) is 6.54. The van der Waals surface area contributed by atoms with E-state index in [0.29, 0.717) is 18.9 Å². The lowest BCUT2D eigenvalue weighted by atomic mass is 10.2. The van der Waals surface area contributed by atoms with Gasteiger partial charge in [0.15, 0.2) is 0 Å². The molecule has 0 saturated carbocycles. The standard InChI is InChI=1S/C19H24N6/c1-24-10-12-25(13-11-24)18-7-5-17(6-8-18)23-19-21-14-16(15-22-19)4-2-3-9-20/h5-8,14-15H,3,9-13,20H2,1H3,(H,21,22,23). The molecule has 0 atom stereocenters. The zero-order valence-electron chi connectivity index (χ0n) is 14.6. The van der Waals surface area contributed by atoms with Crippen LogP contribution in [0, 0.1) is 11.8 Å². The van der Waals surface area contributed by atoms with Crippen LogP contribution in [0.5, 0.6) is 0 Å². The summed E-state index contributed by atoms with van der Waals surface area (Å²) < 4.78 is 0. The highest BCUT2D eigenvalue weighted by atomic mass is 15.2. The van der Waals surface area contributed by atoms with Crippen LogP contribution in [0.2, 0.25) is 0 Å². The summed E-state index contributed by atoms with van der Waals surface area (Å²) >= 11 is 0. The molecule has 2 aromatic rings. The second-order valence-electron chi connectivity index (χ2n) is 6.10. The van der Waals surface area contributed by atoms with Crippen LogP contribution in [0.15, 0.2) is 36.7 Å². The lowest BCUT2D eigenvalue weighted by molar-refractivity contribution is 0.313. The van der Waals surface area contributed by atoms with Gasteiger partial charge in [-0.15, -0.1) is 0 Å². The lowest BCUT2D eigenvalue weighted by Crippen LogP contribution is -2.44. The summed E-state index contributed by atoms with van der Waals surface area (Å²) in [4.78, 5) is 13.4. The first-order valence-electron chi connectivity index (χ1n) is 8.56. The molecule has 0 aliphatic carbocycles. The molecular formula is C19H24N6. The Bertz CT molecular complexity index is 721. The van der Waals surface area contributed by atoms with E-state index in [0.717, 1.165) is 37.4 Å². The largest absolute Gasteiger partial charge is 0.369 e. The smallest absolute Gasteiger partial charge is 0.227 e.